The molecule has 0 saturated carbocycles. The van der Waals surface area contributed by atoms with Crippen molar-refractivity contribution in [2.75, 3.05) is 30.4 Å². The number of nitrogen functional groups attached to an aromatic ring is 1. The summed E-state index contributed by atoms with van der Waals surface area (Å²) in [6, 6.07) is 0.330. The highest BCUT2D eigenvalue weighted by Gasteiger charge is 2.31. The van der Waals surface area contributed by atoms with Gasteiger partial charge < -0.3 is 15.4 Å². The van der Waals surface area contributed by atoms with Gasteiger partial charge in [0.25, 0.3) is 0 Å². The van der Waals surface area contributed by atoms with Crippen molar-refractivity contribution in [3.05, 3.63) is 27.8 Å². The molecule has 4 rings (SSSR count). The van der Waals surface area contributed by atoms with Gasteiger partial charge in [-0.3, -0.25) is 0 Å². The average Bonchev–Trinajstić information content (AvgIpc) is 3.20. The SMILES string of the molecule is Cc1nc(N)nc2c1C=C(c1nccs1)CN2[C@@H]1CCOC1. The first-order valence-electron chi connectivity index (χ1n) is 7.31. The molecule has 1 atom stereocenters. The second-order valence-electron chi connectivity index (χ2n) is 5.56. The van der Waals surface area contributed by atoms with E-state index < -0.39 is 0 Å². The molecule has 2 aliphatic heterocycles. The monoisotopic (exact) mass is 315 g/mol. The molecule has 0 bridgehead atoms. The van der Waals surface area contributed by atoms with Crippen LogP contribution >= 0.6 is 11.3 Å². The van der Waals surface area contributed by atoms with Gasteiger partial charge in [0.05, 0.1) is 18.3 Å². The summed E-state index contributed by atoms with van der Waals surface area (Å²) in [6.45, 7) is 4.28. The van der Waals surface area contributed by atoms with Crippen molar-refractivity contribution in [1.82, 2.24) is 15.0 Å². The van der Waals surface area contributed by atoms with Crippen LogP contribution in [-0.2, 0) is 4.74 Å². The van der Waals surface area contributed by atoms with E-state index in [4.69, 9.17) is 10.5 Å². The Balaban J connectivity index is 1.84. The molecule has 2 N–H and O–H groups in total. The number of aryl methyl sites for hydroxylation is 1. The molecule has 114 valence electrons. The predicted molar refractivity (Wildman–Crippen MR) is 87.7 cm³/mol. The number of aromatic nitrogens is 3. The number of ether oxygens (including phenoxy) is 1. The van der Waals surface area contributed by atoms with E-state index in [1.165, 1.54) is 5.57 Å². The van der Waals surface area contributed by atoms with E-state index in [0.717, 1.165) is 48.3 Å². The Kier molecular flexibility index (Phi) is 3.31. The van der Waals surface area contributed by atoms with Crippen LogP contribution in [0.4, 0.5) is 11.8 Å². The zero-order valence-electron chi connectivity index (χ0n) is 12.3. The van der Waals surface area contributed by atoms with E-state index in [0.29, 0.717) is 12.0 Å². The van der Waals surface area contributed by atoms with Crippen molar-refractivity contribution < 1.29 is 4.74 Å². The maximum atomic E-state index is 5.86. The van der Waals surface area contributed by atoms with Gasteiger partial charge in [-0.25, -0.2) is 9.97 Å². The first-order valence-corrected chi connectivity index (χ1v) is 8.19. The molecule has 1 fully saturated rings. The van der Waals surface area contributed by atoms with Crippen LogP contribution in [0.1, 0.15) is 22.7 Å². The maximum Gasteiger partial charge on any atom is 0.222 e. The molecular weight excluding hydrogens is 298 g/mol. The predicted octanol–water partition coefficient (Wildman–Crippen LogP) is 1.97. The lowest BCUT2D eigenvalue weighted by Gasteiger charge is -2.34. The second kappa shape index (κ2) is 5.33. The zero-order valence-corrected chi connectivity index (χ0v) is 13.1. The van der Waals surface area contributed by atoms with Gasteiger partial charge in [0.2, 0.25) is 5.95 Å². The van der Waals surface area contributed by atoms with E-state index in [1.807, 2.05) is 18.5 Å². The number of thiazole rings is 1. The second-order valence-corrected chi connectivity index (χ2v) is 6.45. The van der Waals surface area contributed by atoms with Gasteiger partial charge in [0.15, 0.2) is 0 Å². The van der Waals surface area contributed by atoms with Crippen LogP contribution in [0.25, 0.3) is 11.6 Å². The van der Waals surface area contributed by atoms with E-state index in [-0.39, 0.29) is 0 Å². The number of rotatable bonds is 2. The molecule has 0 radical (unpaired) electrons. The van der Waals surface area contributed by atoms with Gasteiger partial charge in [-0.05, 0) is 19.4 Å². The Morgan fingerprint density at radius 1 is 1.41 bits per heavy atom. The molecule has 1 saturated heterocycles. The number of fused-ring (bicyclic) bond motifs is 1. The molecule has 6 nitrogen and oxygen atoms in total. The Bertz CT molecular complexity index is 722. The molecule has 7 heteroatoms. The first kappa shape index (κ1) is 13.7. The number of hydrogen-bond acceptors (Lipinski definition) is 7. The Morgan fingerprint density at radius 2 is 2.32 bits per heavy atom. The van der Waals surface area contributed by atoms with Gasteiger partial charge in [-0.15, -0.1) is 11.3 Å². The minimum atomic E-state index is 0.325. The number of anilines is 2. The third-order valence-corrected chi connectivity index (χ3v) is 4.97. The summed E-state index contributed by atoms with van der Waals surface area (Å²) in [4.78, 5) is 15.5. The van der Waals surface area contributed by atoms with Crippen LogP contribution in [0.3, 0.4) is 0 Å². The lowest BCUT2D eigenvalue weighted by atomic mass is 10.0. The van der Waals surface area contributed by atoms with Gasteiger partial charge in [0, 0.05) is 35.9 Å². The zero-order chi connectivity index (χ0) is 15.1. The fourth-order valence-corrected chi connectivity index (χ4v) is 3.68. The highest BCUT2D eigenvalue weighted by atomic mass is 32.1. The topological polar surface area (TPSA) is 77.2 Å². The van der Waals surface area contributed by atoms with Gasteiger partial charge in [0.1, 0.15) is 10.8 Å². The highest BCUT2D eigenvalue weighted by Crippen LogP contribution is 2.36. The molecule has 2 aromatic heterocycles. The Hall–Kier alpha value is -1.99. The normalized spacial score (nSPS) is 20.9. The molecule has 0 unspecified atom stereocenters. The lowest BCUT2D eigenvalue weighted by molar-refractivity contribution is 0.193. The maximum absolute atomic E-state index is 5.86. The fourth-order valence-electron chi connectivity index (χ4n) is 3.04. The molecule has 0 amide bonds. The minimum absolute atomic E-state index is 0.325. The van der Waals surface area contributed by atoms with Crippen LogP contribution < -0.4 is 10.6 Å². The van der Waals surface area contributed by atoms with E-state index in [2.05, 4.69) is 25.9 Å². The Morgan fingerprint density at radius 3 is 3.05 bits per heavy atom. The fraction of sp³-hybridized carbons (Fsp3) is 0.400. The van der Waals surface area contributed by atoms with Crippen molar-refractivity contribution in [3.8, 4) is 0 Å². The molecule has 22 heavy (non-hydrogen) atoms. The quantitative estimate of drug-likeness (QED) is 0.913. The third kappa shape index (κ3) is 2.26. The molecule has 0 spiro atoms. The van der Waals surface area contributed by atoms with Gasteiger partial charge in [-0.1, -0.05) is 0 Å². The summed E-state index contributed by atoms with van der Waals surface area (Å²) >= 11 is 1.65. The lowest BCUT2D eigenvalue weighted by Crippen LogP contribution is -2.40. The molecule has 2 aromatic rings. The minimum Gasteiger partial charge on any atom is -0.379 e. The molecule has 0 aliphatic carbocycles. The van der Waals surface area contributed by atoms with Crippen LogP contribution in [0.2, 0.25) is 0 Å². The van der Waals surface area contributed by atoms with Crippen molar-refractivity contribution >= 4 is 34.8 Å². The average molecular weight is 315 g/mol. The number of hydrogen-bond donors (Lipinski definition) is 1. The van der Waals surface area contributed by atoms with Crippen LogP contribution in [0.5, 0.6) is 0 Å². The van der Waals surface area contributed by atoms with Crippen molar-refractivity contribution in [2.24, 2.45) is 0 Å². The van der Waals surface area contributed by atoms with Crippen molar-refractivity contribution in [2.45, 2.75) is 19.4 Å². The van der Waals surface area contributed by atoms with Crippen molar-refractivity contribution in [1.29, 1.82) is 0 Å². The summed E-state index contributed by atoms with van der Waals surface area (Å²) < 4.78 is 5.56. The van der Waals surface area contributed by atoms with E-state index in [9.17, 15) is 0 Å². The van der Waals surface area contributed by atoms with Crippen LogP contribution in [0.15, 0.2) is 11.6 Å². The first-order chi connectivity index (χ1) is 10.7. The van der Waals surface area contributed by atoms with E-state index >= 15 is 0 Å². The summed E-state index contributed by atoms with van der Waals surface area (Å²) in [5.74, 6) is 1.24. The van der Waals surface area contributed by atoms with Gasteiger partial charge >= 0.3 is 0 Å². The van der Waals surface area contributed by atoms with E-state index in [1.54, 1.807) is 11.3 Å². The van der Waals surface area contributed by atoms with Crippen LogP contribution in [0, 0.1) is 6.92 Å². The summed E-state index contributed by atoms with van der Waals surface area (Å²) in [7, 11) is 0. The van der Waals surface area contributed by atoms with Crippen molar-refractivity contribution in [3.63, 3.8) is 0 Å². The molecule has 2 aliphatic rings. The largest absolute Gasteiger partial charge is 0.379 e. The molecule has 0 aromatic carbocycles. The number of nitrogens with zero attached hydrogens (tertiary/aromatic N) is 4. The smallest absolute Gasteiger partial charge is 0.222 e. The summed E-state index contributed by atoms with van der Waals surface area (Å²) in [5.41, 5.74) is 9.00. The summed E-state index contributed by atoms with van der Waals surface area (Å²) in [6.07, 6.45) is 4.99. The Labute approximate surface area is 132 Å². The summed E-state index contributed by atoms with van der Waals surface area (Å²) in [5, 5.41) is 3.05. The molecular formula is C15H17N5OS. The standard InChI is InChI=1S/C15H17N5OS/c1-9-12-6-10(14-17-3-5-22-14)7-20(11-2-4-21-8-11)13(12)19-15(16)18-9/h3,5-6,11H,2,4,7-8H2,1H3,(H2,16,18,19)/t11-/m1/s1. The third-order valence-electron chi connectivity index (χ3n) is 4.12. The van der Waals surface area contributed by atoms with Gasteiger partial charge in [-0.2, -0.15) is 4.98 Å². The highest BCUT2D eigenvalue weighted by molar-refractivity contribution is 7.10. The molecule has 4 heterocycles. The number of nitrogens with two attached hydrogens (primary N) is 1. The van der Waals surface area contributed by atoms with Crippen LogP contribution in [-0.4, -0.2) is 40.8 Å².